The number of carbonyl (C=O) groups excluding carboxylic acids is 1. The summed E-state index contributed by atoms with van der Waals surface area (Å²) in [7, 11) is 3.24. The monoisotopic (exact) mass is 268 g/mol. The fourth-order valence-electron chi connectivity index (χ4n) is 1.47. The van der Waals surface area contributed by atoms with Gasteiger partial charge < -0.3 is 15.0 Å². The van der Waals surface area contributed by atoms with Crippen molar-refractivity contribution < 1.29 is 13.9 Å². The molecule has 0 bridgehead atoms. The molecule has 0 atom stereocenters. The zero-order valence-corrected chi connectivity index (χ0v) is 11.7. The Hall–Kier alpha value is -1.78. The van der Waals surface area contributed by atoms with Crippen LogP contribution in [0.1, 0.15) is 26.2 Å². The molecule has 0 aliphatic heterocycles. The molecule has 0 heterocycles. The average Bonchev–Trinajstić information content (AvgIpc) is 2.36. The third kappa shape index (κ3) is 5.16. The predicted molar refractivity (Wildman–Crippen MR) is 74.1 cm³/mol. The molecule has 4 nitrogen and oxygen atoms in total. The molecule has 0 spiro atoms. The van der Waals surface area contributed by atoms with Gasteiger partial charge >= 0.3 is 6.03 Å². The number of nitrogens with one attached hydrogen (secondary N) is 1. The van der Waals surface area contributed by atoms with Crippen LogP contribution in [-0.2, 0) is 0 Å². The van der Waals surface area contributed by atoms with E-state index >= 15 is 0 Å². The third-order valence-corrected chi connectivity index (χ3v) is 2.59. The van der Waals surface area contributed by atoms with E-state index in [-0.39, 0.29) is 11.8 Å². The van der Waals surface area contributed by atoms with E-state index in [1.54, 1.807) is 20.2 Å². The van der Waals surface area contributed by atoms with Gasteiger partial charge in [-0.05, 0) is 18.6 Å². The maximum atomic E-state index is 13.7. The van der Waals surface area contributed by atoms with Crippen molar-refractivity contribution >= 4 is 11.7 Å². The van der Waals surface area contributed by atoms with Gasteiger partial charge in [0, 0.05) is 25.8 Å². The maximum Gasteiger partial charge on any atom is 0.321 e. The largest absolute Gasteiger partial charge is 0.491 e. The molecule has 1 aromatic rings. The van der Waals surface area contributed by atoms with Crippen LogP contribution >= 0.6 is 0 Å². The number of rotatable bonds is 6. The highest BCUT2D eigenvalue weighted by Crippen LogP contribution is 2.21. The number of unbranched alkanes of at least 4 members (excludes halogenated alkanes) is 2. The SMILES string of the molecule is CCCCCOc1ccc(NC(=O)N(C)C)cc1F. The second-order valence-corrected chi connectivity index (χ2v) is 4.53. The molecular weight excluding hydrogens is 247 g/mol. The molecule has 106 valence electrons. The van der Waals surface area contributed by atoms with Gasteiger partial charge in [0.15, 0.2) is 11.6 Å². The Morgan fingerprint density at radius 2 is 2.11 bits per heavy atom. The van der Waals surface area contributed by atoms with Crippen LogP contribution in [-0.4, -0.2) is 31.6 Å². The number of carbonyl (C=O) groups is 1. The van der Waals surface area contributed by atoms with E-state index in [1.807, 2.05) is 0 Å². The first-order valence-electron chi connectivity index (χ1n) is 6.45. The minimum absolute atomic E-state index is 0.221. The highest BCUT2D eigenvalue weighted by Gasteiger charge is 2.08. The van der Waals surface area contributed by atoms with Crippen LogP contribution in [0.3, 0.4) is 0 Å². The van der Waals surface area contributed by atoms with Crippen molar-refractivity contribution in [3.8, 4) is 5.75 Å². The summed E-state index contributed by atoms with van der Waals surface area (Å²) in [6.07, 6.45) is 3.08. The summed E-state index contributed by atoms with van der Waals surface area (Å²) in [5, 5.41) is 2.58. The molecule has 1 N–H and O–H groups in total. The molecule has 0 aliphatic carbocycles. The van der Waals surface area contributed by atoms with Crippen molar-refractivity contribution in [1.29, 1.82) is 0 Å². The van der Waals surface area contributed by atoms with E-state index < -0.39 is 5.82 Å². The minimum atomic E-state index is -0.465. The number of nitrogens with zero attached hydrogens (tertiary/aromatic N) is 1. The summed E-state index contributed by atoms with van der Waals surface area (Å²) in [5.74, 6) is -0.244. The Labute approximate surface area is 113 Å². The number of hydrogen-bond acceptors (Lipinski definition) is 2. The fraction of sp³-hybridized carbons (Fsp3) is 0.500. The van der Waals surface area contributed by atoms with Crippen LogP contribution in [0.4, 0.5) is 14.9 Å². The zero-order valence-electron chi connectivity index (χ0n) is 11.7. The number of hydrogen-bond donors (Lipinski definition) is 1. The summed E-state index contributed by atoms with van der Waals surface area (Å²) in [5.41, 5.74) is 0.414. The van der Waals surface area contributed by atoms with Gasteiger partial charge in [-0.15, -0.1) is 0 Å². The molecule has 1 aromatic carbocycles. The average molecular weight is 268 g/mol. The van der Waals surface area contributed by atoms with E-state index in [0.29, 0.717) is 12.3 Å². The lowest BCUT2D eigenvalue weighted by molar-refractivity contribution is 0.230. The van der Waals surface area contributed by atoms with E-state index in [4.69, 9.17) is 4.74 Å². The van der Waals surface area contributed by atoms with Gasteiger partial charge in [0.2, 0.25) is 0 Å². The highest BCUT2D eigenvalue weighted by atomic mass is 19.1. The first-order chi connectivity index (χ1) is 9.04. The first-order valence-corrected chi connectivity index (χ1v) is 6.45. The van der Waals surface area contributed by atoms with Crippen LogP contribution in [0.25, 0.3) is 0 Å². The topological polar surface area (TPSA) is 41.6 Å². The van der Waals surface area contributed by atoms with Crippen molar-refractivity contribution in [2.75, 3.05) is 26.0 Å². The van der Waals surface area contributed by atoms with Crippen LogP contribution in [0, 0.1) is 5.82 Å². The van der Waals surface area contributed by atoms with Crippen molar-refractivity contribution in [1.82, 2.24) is 4.90 Å². The normalized spacial score (nSPS) is 10.1. The molecule has 2 amide bonds. The quantitative estimate of drug-likeness (QED) is 0.802. The van der Waals surface area contributed by atoms with Gasteiger partial charge in [0.25, 0.3) is 0 Å². The smallest absolute Gasteiger partial charge is 0.321 e. The van der Waals surface area contributed by atoms with Gasteiger partial charge in [-0.3, -0.25) is 0 Å². The van der Waals surface area contributed by atoms with Crippen LogP contribution < -0.4 is 10.1 Å². The molecule has 0 aliphatic rings. The molecule has 0 fully saturated rings. The molecule has 5 heteroatoms. The number of urea groups is 1. The summed E-state index contributed by atoms with van der Waals surface area (Å²) < 4.78 is 19.1. The summed E-state index contributed by atoms with van der Waals surface area (Å²) in [6, 6.07) is 4.12. The molecular formula is C14H21FN2O2. The third-order valence-electron chi connectivity index (χ3n) is 2.59. The number of halogens is 1. The van der Waals surface area contributed by atoms with Crippen LogP contribution in [0.5, 0.6) is 5.75 Å². The number of anilines is 1. The van der Waals surface area contributed by atoms with E-state index in [9.17, 15) is 9.18 Å². The van der Waals surface area contributed by atoms with Gasteiger partial charge in [0.05, 0.1) is 6.61 Å². The van der Waals surface area contributed by atoms with Gasteiger partial charge in [-0.25, -0.2) is 9.18 Å². The summed E-state index contributed by atoms with van der Waals surface area (Å²) >= 11 is 0. The van der Waals surface area contributed by atoms with Gasteiger partial charge in [0.1, 0.15) is 0 Å². The Balaban J connectivity index is 2.56. The highest BCUT2D eigenvalue weighted by molar-refractivity contribution is 5.88. The molecule has 1 rings (SSSR count). The Kier molecular flexibility index (Phi) is 6.12. The van der Waals surface area contributed by atoms with E-state index in [2.05, 4.69) is 12.2 Å². The van der Waals surface area contributed by atoms with Crippen molar-refractivity contribution in [3.63, 3.8) is 0 Å². The summed E-state index contributed by atoms with van der Waals surface area (Å²) in [4.78, 5) is 12.8. The van der Waals surface area contributed by atoms with Crippen molar-refractivity contribution in [3.05, 3.63) is 24.0 Å². The molecule has 0 saturated heterocycles. The Morgan fingerprint density at radius 3 is 2.68 bits per heavy atom. The lowest BCUT2D eigenvalue weighted by Gasteiger charge is -2.13. The Bertz CT molecular complexity index is 422. The minimum Gasteiger partial charge on any atom is -0.491 e. The van der Waals surface area contributed by atoms with Crippen LogP contribution in [0.15, 0.2) is 18.2 Å². The molecule has 0 unspecified atom stereocenters. The summed E-state index contributed by atoms with van der Waals surface area (Å²) in [6.45, 7) is 2.61. The first kappa shape index (κ1) is 15.3. The molecule has 0 saturated carbocycles. The maximum absolute atomic E-state index is 13.7. The standard InChI is InChI=1S/C14H21FN2O2/c1-4-5-6-9-19-13-8-7-11(10-12(13)15)16-14(18)17(2)3/h7-8,10H,4-6,9H2,1-3H3,(H,16,18). The molecule has 19 heavy (non-hydrogen) atoms. The number of benzene rings is 1. The zero-order chi connectivity index (χ0) is 14.3. The van der Waals surface area contributed by atoms with E-state index in [0.717, 1.165) is 19.3 Å². The van der Waals surface area contributed by atoms with Crippen molar-refractivity contribution in [2.45, 2.75) is 26.2 Å². The Morgan fingerprint density at radius 1 is 1.37 bits per heavy atom. The van der Waals surface area contributed by atoms with E-state index in [1.165, 1.54) is 17.0 Å². The number of ether oxygens (including phenoxy) is 1. The predicted octanol–water partition coefficient (Wildman–Crippen LogP) is 3.49. The second kappa shape index (κ2) is 7.61. The lowest BCUT2D eigenvalue weighted by atomic mass is 10.2. The second-order valence-electron chi connectivity index (χ2n) is 4.53. The van der Waals surface area contributed by atoms with Gasteiger partial charge in [-0.1, -0.05) is 19.8 Å². The molecule has 0 aromatic heterocycles. The molecule has 0 radical (unpaired) electrons. The number of amides is 2. The van der Waals surface area contributed by atoms with Crippen LogP contribution in [0.2, 0.25) is 0 Å². The lowest BCUT2D eigenvalue weighted by Crippen LogP contribution is -2.27. The van der Waals surface area contributed by atoms with Crippen molar-refractivity contribution in [2.24, 2.45) is 0 Å². The van der Waals surface area contributed by atoms with Gasteiger partial charge in [-0.2, -0.15) is 0 Å². The fourth-order valence-corrected chi connectivity index (χ4v) is 1.47.